The number of rotatable bonds is 6. The van der Waals surface area contributed by atoms with E-state index in [0.717, 1.165) is 28.7 Å². The molecule has 1 N–H and O–H groups in total. The molecule has 0 fully saturated rings. The minimum absolute atomic E-state index is 0. The van der Waals surface area contributed by atoms with Gasteiger partial charge in [-0.05, 0) is 0 Å². The molecule has 0 heterocycles. The molecule has 1 rings (SSSR count). The second kappa shape index (κ2) is 8.28. The summed E-state index contributed by atoms with van der Waals surface area (Å²) in [6.45, 7) is 7.94. The Kier molecular flexibility index (Phi) is 8.19. The van der Waals surface area contributed by atoms with Crippen molar-refractivity contribution in [2.75, 3.05) is 24.2 Å². The van der Waals surface area contributed by atoms with Crippen molar-refractivity contribution in [1.82, 2.24) is 4.72 Å². The maximum absolute atomic E-state index is 11.3. The standard InChI is InChI=1S/C13H21AsN2O2S.ClH/c1-5-16(6-2)11-7-8-13(14)12(9-11)10(3)15-19(4,17)18;/h7-10,15H,5-6H2,1-4H3;1H. The minimum Gasteiger partial charge on any atom is -0.147 e. The van der Waals surface area contributed by atoms with Crippen LogP contribution in [0.1, 0.15) is 32.4 Å². The van der Waals surface area contributed by atoms with Crippen LogP contribution in [-0.2, 0) is 10.0 Å². The first kappa shape index (κ1) is 19.8. The fraction of sp³-hybridized carbons (Fsp3) is 0.538. The van der Waals surface area contributed by atoms with Gasteiger partial charge in [-0.3, -0.25) is 0 Å². The van der Waals surface area contributed by atoms with E-state index in [1.165, 1.54) is 6.26 Å². The number of benzene rings is 1. The van der Waals surface area contributed by atoms with Crippen molar-refractivity contribution in [2.45, 2.75) is 26.8 Å². The third-order valence-electron chi connectivity index (χ3n) is 3.00. The first-order valence-electron chi connectivity index (χ1n) is 6.33. The molecule has 0 aliphatic carbocycles. The van der Waals surface area contributed by atoms with E-state index < -0.39 is 10.0 Å². The summed E-state index contributed by atoms with van der Waals surface area (Å²) < 4.78 is 26.3. The molecule has 0 saturated carbocycles. The van der Waals surface area contributed by atoms with Gasteiger partial charge in [-0.2, -0.15) is 0 Å². The number of sulfonamides is 1. The zero-order valence-corrected chi connectivity index (χ0v) is 15.8. The molecule has 0 aliphatic heterocycles. The van der Waals surface area contributed by atoms with Crippen molar-refractivity contribution < 1.29 is 8.42 Å². The minimum atomic E-state index is -3.20. The molecular weight excluding hydrogens is 359 g/mol. The number of anilines is 1. The van der Waals surface area contributed by atoms with E-state index in [4.69, 9.17) is 0 Å². The topological polar surface area (TPSA) is 49.4 Å². The summed E-state index contributed by atoms with van der Waals surface area (Å²) in [4.78, 5) is 2.24. The van der Waals surface area contributed by atoms with Gasteiger partial charge in [0.1, 0.15) is 0 Å². The zero-order valence-electron chi connectivity index (χ0n) is 12.3. The van der Waals surface area contributed by atoms with Gasteiger partial charge < -0.3 is 0 Å². The largest absolute Gasteiger partial charge is 0.147 e. The molecular formula is C13H22AsClN2O2S. The first-order chi connectivity index (χ1) is 8.78. The molecule has 4 nitrogen and oxygen atoms in total. The van der Waals surface area contributed by atoms with Crippen LogP contribution in [0.15, 0.2) is 18.2 Å². The molecule has 0 aromatic heterocycles. The second-order valence-corrected chi connectivity index (χ2v) is 7.32. The molecule has 114 valence electrons. The van der Waals surface area contributed by atoms with Gasteiger partial charge in [0.15, 0.2) is 0 Å². The average Bonchev–Trinajstić information content (AvgIpc) is 2.30. The maximum atomic E-state index is 11.3. The van der Waals surface area contributed by atoms with Gasteiger partial charge >= 0.3 is 125 Å². The second-order valence-electron chi connectivity index (χ2n) is 4.53. The van der Waals surface area contributed by atoms with Crippen molar-refractivity contribution in [3.8, 4) is 0 Å². The summed E-state index contributed by atoms with van der Waals surface area (Å²) in [7, 11) is -3.20. The van der Waals surface area contributed by atoms with Crippen LogP contribution in [0, 0.1) is 0 Å². The maximum Gasteiger partial charge on any atom is -0.147 e. The van der Waals surface area contributed by atoms with Gasteiger partial charge in [0.25, 0.3) is 0 Å². The van der Waals surface area contributed by atoms with Crippen LogP contribution >= 0.6 is 12.4 Å². The first-order valence-corrected chi connectivity index (χ1v) is 9.16. The van der Waals surface area contributed by atoms with Gasteiger partial charge in [-0.1, -0.05) is 0 Å². The number of hydrogen-bond acceptors (Lipinski definition) is 3. The number of nitrogens with zero attached hydrogens (tertiary/aromatic N) is 1. The Labute approximate surface area is 137 Å². The molecule has 2 radical (unpaired) electrons. The summed E-state index contributed by atoms with van der Waals surface area (Å²) in [5.41, 5.74) is 2.12. The summed E-state index contributed by atoms with van der Waals surface area (Å²) in [5.74, 6) is 0. The Morgan fingerprint density at radius 3 is 2.30 bits per heavy atom. The Hall–Kier alpha value is -0.222. The van der Waals surface area contributed by atoms with Crippen molar-refractivity contribution in [2.24, 2.45) is 0 Å². The van der Waals surface area contributed by atoms with Crippen LogP contribution in [0.2, 0.25) is 0 Å². The summed E-state index contributed by atoms with van der Waals surface area (Å²) >= 11 is 2.49. The monoisotopic (exact) mass is 380 g/mol. The smallest absolute Gasteiger partial charge is 0.147 e. The third kappa shape index (κ3) is 5.64. The molecule has 0 aliphatic rings. The normalized spacial score (nSPS) is 12.7. The molecule has 1 unspecified atom stereocenters. The van der Waals surface area contributed by atoms with Gasteiger partial charge in [0.05, 0.1) is 0 Å². The fourth-order valence-electron chi connectivity index (χ4n) is 2.06. The average molecular weight is 381 g/mol. The Morgan fingerprint density at radius 1 is 1.30 bits per heavy atom. The van der Waals surface area contributed by atoms with Crippen LogP contribution < -0.4 is 14.0 Å². The van der Waals surface area contributed by atoms with Crippen LogP contribution in [0.4, 0.5) is 5.69 Å². The molecule has 20 heavy (non-hydrogen) atoms. The molecule has 1 aromatic rings. The SMILES string of the molecule is CCN(CC)c1ccc([As])c(C(C)NS(C)(=O)=O)c1.Cl. The van der Waals surface area contributed by atoms with Crippen LogP contribution in [0.3, 0.4) is 0 Å². The van der Waals surface area contributed by atoms with Crippen molar-refractivity contribution in [1.29, 1.82) is 0 Å². The van der Waals surface area contributed by atoms with E-state index in [0.29, 0.717) is 0 Å². The van der Waals surface area contributed by atoms with E-state index in [9.17, 15) is 8.42 Å². The Balaban J connectivity index is 0.00000361. The molecule has 1 atom stereocenters. The van der Waals surface area contributed by atoms with E-state index >= 15 is 0 Å². The number of hydrogen-bond donors (Lipinski definition) is 1. The van der Waals surface area contributed by atoms with Gasteiger partial charge in [-0.25, -0.2) is 0 Å². The quantitative estimate of drug-likeness (QED) is 0.758. The predicted molar refractivity (Wildman–Crippen MR) is 89.0 cm³/mol. The summed E-state index contributed by atoms with van der Waals surface area (Å²) in [6.07, 6.45) is 1.18. The number of halogens is 1. The van der Waals surface area contributed by atoms with Crippen molar-refractivity contribution in [3.63, 3.8) is 0 Å². The summed E-state index contributed by atoms with van der Waals surface area (Å²) in [5, 5.41) is 0. The molecule has 0 spiro atoms. The third-order valence-corrected chi connectivity index (χ3v) is 4.63. The fourth-order valence-corrected chi connectivity index (χ4v) is 3.53. The van der Waals surface area contributed by atoms with E-state index in [-0.39, 0.29) is 18.4 Å². The van der Waals surface area contributed by atoms with E-state index in [2.05, 4.69) is 52.5 Å². The van der Waals surface area contributed by atoms with Crippen molar-refractivity contribution >= 4 is 49.3 Å². The Bertz CT molecular complexity index is 533. The van der Waals surface area contributed by atoms with Gasteiger partial charge in [0.2, 0.25) is 0 Å². The van der Waals surface area contributed by atoms with E-state index in [1.54, 1.807) is 0 Å². The zero-order chi connectivity index (χ0) is 14.6. The van der Waals surface area contributed by atoms with Crippen LogP contribution in [0.5, 0.6) is 0 Å². The van der Waals surface area contributed by atoms with Gasteiger partial charge in [0, 0.05) is 0 Å². The molecule has 0 saturated heterocycles. The molecule has 0 bridgehead atoms. The Morgan fingerprint density at radius 2 is 1.85 bits per heavy atom. The molecule has 0 amide bonds. The van der Waals surface area contributed by atoms with Crippen LogP contribution in [-0.4, -0.2) is 44.6 Å². The van der Waals surface area contributed by atoms with Crippen molar-refractivity contribution in [3.05, 3.63) is 23.8 Å². The predicted octanol–water partition coefficient (Wildman–Crippen LogP) is 1.36. The molecule has 7 heteroatoms. The molecule has 1 aromatic carbocycles. The van der Waals surface area contributed by atoms with Gasteiger partial charge in [-0.15, -0.1) is 12.4 Å². The van der Waals surface area contributed by atoms with E-state index in [1.807, 2.05) is 13.0 Å². The van der Waals surface area contributed by atoms with Crippen LogP contribution in [0.25, 0.3) is 0 Å². The summed E-state index contributed by atoms with van der Waals surface area (Å²) in [6, 6.07) is 5.91. The number of nitrogens with one attached hydrogen (secondary N) is 1.